The normalized spacial score (nSPS) is 12.7. The number of nitrogens with one attached hydrogen (secondary N) is 3. The molecule has 1 aromatic carbocycles. The molecule has 7 nitrogen and oxygen atoms in total. The van der Waals surface area contributed by atoms with Crippen molar-refractivity contribution < 1.29 is 4.79 Å². The van der Waals surface area contributed by atoms with Crippen molar-refractivity contribution in [3.8, 4) is 6.19 Å². The summed E-state index contributed by atoms with van der Waals surface area (Å²) in [6.07, 6.45) is 4.44. The van der Waals surface area contributed by atoms with Gasteiger partial charge in [-0.2, -0.15) is 5.26 Å². The van der Waals surface area contributed by atoms with Crippen LogP contribution in [0.4, 0.5) is 5.69 Å². The van der Waals surface area contributed by atoms with Gasteiger partial charge < -0.3 is 10.6 Å². The van der Waals surface area contributed by atoms with Gasteiger partial charge in [-0.25, -0.2) is 4.99 Å². The zero-order valence-corrected chi connectivity index (χ0v) is 19.9. The maximum Gasteiger partial charge on any atom is 0.252 e. The lowest BCUT2D eigenvalue weighted by molar-refractivity contribution is 0.0906. The molecule has 2 rings (SSSR count). The Morgan fingerprint density at radius 1 is 1.24 bits per heavy atom. The molecule has 1 aromatic heterocycles. The number of nitrogens with zero attached hydrogens (tertiary/aromatic N) is 3. The highest BCUT2D eigenvalue weighted by Gasteiger charge is 2.27. The molecule has 0 spiro atoms. The average Bonchev–Trinajstić information content (AvgIpc) is 2.64. The van der Waals surface area contributed by atoms with E-state index < -0.39 is 11.6 Å². The number of guanidine groups is 1. The molecule has 2 aromatic rings. The molecule has 29 heavy (non-hydrogen) atoms. The molecule has 0 saturated heterocycles. The third kappa shape index (κ3) is 6.70. The molecule has 0 radical (unpaired) electrons. The van der Waals surface area contributed by atoms with Crippen LogP contribution in [0.25, 0.3) is 0 Å². The van der Waals surface area contributed by atoms with Crippen molar-refractivity contribution in [3.63, 3.8) is 0 Å². The van der Waals surface area contributed by atoms with Crippen molar-refractivity contribution in [1.82, 2.24) is 15.6 Å². The minimum atomic E-state index is -0.632. The number of pyridine rings is 1. The number of aliphatic imine (C=N–C) groups is 1. The number of benzene rings is 1. The van der Waals surface area contributed by atoms with Gasteiger partial charge >= 0.3 is 0 Å². The molecule has 10 heteroatoms. The van der Waals surface area contributed by atoms with E-state index in [-0.39, 0.29) is 11.9 Å². The lowest BCUT2D eigenvalue weighted by Gasteiger charge is -2.29. The summed E-state index contributed by atoms with van der Waals surface area (Å²) in [6.45, 7) is 5.80. The van der Waals surface area contributed by atoms with Gasteiger partial charge in [0.1, 0.15) is 6.17 Å². The second-order valence-electron chi connectivity index (χ2n) is 7.07. The maximum absolute atomic E-state index is 12.7. The van der Waals surface area contributed by atoms with E-state index in [9.17, 15) is 4.79 Å². The van der Waals surface area contributed by atoms with Gasteiger partial charge in [0.2, 0.25) is 5.96 Å². The van der Waals surface area contributed by atoms with Gasteiger partial charge in [0, 0.05) is 22.2 Å². The Hall–Kier alpha value is -2.15. The van der Waals surface area contributed by atoms with E-state index in [0.29, 0.717) is 16.3 Å². The van der Waals surface area contributed by atoms with Crippen molar-refractivity contribution in [2.45, 2.75) is 26.9 Å². The van der Waals surface area contributed by atoms with E-state index in [1.807, 2.05) is 27.0 Å². The summed E-state index contributed by atoms with van der Waals surface area (Å²) >= 11 is 12.7. The molecule has 1 heterocycles. The Morgan fingerprint density at radius 2 is 1.90 bits per heavy atom. The van der Waals surface area contributed by atoms with Gasteiger partial charge in [0.05, 0.1) is 20.8 Å². The van der Waals surface area contributed by atoms with Crippen LogP contribution in [0.15, 0.2) is 50.6 Å². The average molecular weight is 543 g/mol. The molecule has 0 bridgehead atoms. The Balaban J connectivity index is 2.31. The van der Waals surface area contributed by atoms with Crippen molar-refractivity contribution in [3.05, 3.63) is 56.2 Å². The van der Waals surface area contributed by atoms with Crippen molar-refractivity contribution in [1.29, 1.82) is 5.26 Å². The van der Waals surface area contributed by atoms with Crippen LogP contribution in [0, 0.1) is 16.9 Å². The van der Waals surface area contributed by atoms with E-state index in [2.05, 4.69) is 57.8 Å². The molecule has 0 aliphatic heterocycles. The number of carbonyl (C=O) groups excluding carboxylic acids is 1. The third-order valence-corrected chi connectivity index (χ3v) is 5.96. The predicted molar refractivity (Wildman–Crippen MR) is 122 cm³/mol. The summed E-state index contributed by atoms with van der Waals surface area (Å²) in [5.41, 5.74) is 0.622. The van der Waals surface area contributed by atoms with Crippen LogP contribution in [0.3, 0.4) is 0 Å². The standard InChI is InChI=1S/C19H19Br2ClN6O/c1-19(2,3)17(27-16(29)11-4-6-12(22)7-5-11)28-18(25-10-23)26-14-9-24-8-13(20)15(14)21/h4-9,17H,1-3H3,(H,27,29)(H2,25,26,28). The number of anilines is 1. The topological polar surface area (TPSA) is 102 Å². The highest BCUT2D eigenvalue weighted by molar-refractivity contribution is 9.13. The van der Waals surface area contributed by atoms with Crippen molar-refractivity contribution in [2.24, 2.45) is 10.4 Å². The minimum absolute atomic E-state index is 0.171. The van der Waals surface area contributed by atoms with E-state index in [1.165, 1.54) is 0 Å². The molecule has 0 aliphatic carbocycles. The molecule has 0 fully saturated rings. The molecule has 1 atom stereocenters. The van der Waals surface area contributed by atoms with E-state index in [0.717, 1.165) is 8.95 Å². The second-order valence-corrected chi connectivity index (χ2v) is 9.16. The number of amides is 1. The number of nitriles is 1. The van der Waals surface area contributed by atoms with Gasteiger partial charge in [-0.15, -0.1) is 0 Å². The fourth-order valence-electron chi connectivity index (χ4n) is 2.16. The third-order valence-electron chi connectivity index (χ3n) is 3.72. The van der Waals surface area contributed by atoms with Gasteiger partial charge in [0.25, 0.3) is 5.91 Å². The SMILES string of the molecule is CC(C)(C)C(/N=C(\NC#N)Nc1cncc(Br)c1Br)NC(=O)c1ccc(Cl)cc1. The van der Waals surface area contributed by atoms with Crippen LogP contribution >= 0.6 is 43.5 Å². The molecule has 0 aliphatic rings. The van der Waals surface area contributed by atoms with Crippen LogP contribution in [0.5, 0.6) is 0 Å². The zero-order valence-electron chi connectivity index (χ0n) is 15.9. The van der Waals surface area contributed by atoms with Crippen LogP contribution < -0.4 is 16.0 Å². The smallest absolute Gasteiger partial charge is 0.252 e. The van der Waals surface area contributed by atoms with Crippen LogP contribution in [-0.2, 0) is 0 Å². The van der Waals surface area contributed by atoms with E-state index >= 15 is 0 Å². The summed E-state index contributed by atoms with van der Waals surface area (Å²) < 4.78 is 1.46. The Kier molecular flexibility index (Phi) is 8.02. The number of hydrogen-bond donors (Lipinski definition) is 3. The Labute approximate surface area is 191 Å². The number of aromatic nitrogens is 1. The highest BCUT2D eigenvalue weighted by Crippen LogP contribution is 2.29. The fourth-order valence-corrected chi connectivity index (χ4v) is 2.92. The highest BCUT2D eigenvalue weighted by atomic mass is 79.9. The molecular formula is C19H19Br2ClN6O. The zero-order chi connectivity index (χ0) is 21.6. The molecule has 1 amide bonds. The van der Waals surface area contributed by atoms with Gasteiger partial charge in [-0.05, 0) is 56.1 Å². The number of halogens is 3. The first-order chi connectivity index (χ1) is 13.6. The summed E-state index contributed by atoms with van der Waals surface area (Å²) in [6, 6.07) is 6.57. The number of hydrogen-bond acceptors (Lipinski definition) is 4. The van der Waals surface area contributed by atoms with E-state index in [1.54, 1.807) is 36.7 Å². The monoisotopic (exact) mass is 540 g/mol. The van der Waals surface area contributed by atoms with Gasteiger partial charge in [-0.3, -0.25) is 15.1 Å². The first-order valence-electron chi connectivity index (χ1n) is 8.47. The van der Waals surface area contributed by atoms with Crippen LogP contribution in [-0.4, -0.2) is 23.0 Å². The Morgan fingerprint density at radius 3 is 2.48 bits per heavy atom. The summed E-state index contributed by atoms with van der Waals surface area (Å²) in [5, 5.41) is 18.1. The molecule has 1 unspecified atom stereocenters. The summed E-state index contributed by atoms with van der Waals surface area (Å²) in [4.78, 5) is 21.3. The lowest BCUT2D eigenvalue weighted by Crippen LogP contribution is -2.44. The quantitative estimate of drug-likeness (QED) is 0.221. The number of carbonyl (C=O) groups is 1. The molecular weight excluding hydrogens is 524 g/mol. The first kappa shape index (κ1) is 23.1. The van der Waals surface area contributed by atoms with Crippen LogP contribution in [0.2, 0.25) is 5.02 Å². The van der Waals surface area contributed by atoms with Gasteiger partial charge in [0.15, 0.2) is 6.19 Å². The molecule has 0 saturated carbocycles. The fraction of sp³-hybridized carbons (Fsp3) is 0.263. The Bertz CT molecular complexity index is 951. The lowest BCUT2D eigenvalue weighted by atomic mass is 9.92. The predicted octanol–water partition coefficient (Wildman–Crippen LogP) is 4.90. The van der Waals surface area contributed by atoms with Gasteiger partial charge in [-0.1, -0.05) is 32.4 Å². The van der Waals surface area contributed by atoms with Crippen LogP contribution in [0.1, 0.15) is 31.1 Å². The summed E-state index contributed by atoms with van der Waals surface area (Å²) in [7, 11) is 0. The largest absolute Gasteiger partial charge is 0.330 e. The second kappa shape index (κ2) is 10.1. The minimum Gasteiger partial charge on any atom is -0.330 e. The number of rotatable bonds is 4. The van der Waals surface area contributed by atoms with Crippen molar-refractivity contribution in [2.75, 3.05) is 5.32 Å². The molecule has 152 valence electrons. The van der Waals surface area contributed by atoms with E-state index in [4.69, 9.17) is 16.9 Å². The summed E-state index contributed by atoms with van der Waals surface area (Å²) in [5.74, 6) is -0.128. The van der Waals surface area contributed by atoms with Crippen molar-refractivity contribution >= 4 is 61.0 Å². The molecule has 3 N–H and O–H groups in total. The maximum atomic E-state index is 12.7. The first-order valence-corrected chi connectivity index (χ1v) is 10.4.